The van der Waals surface area contributed by atoms with Crippen molar-refractivity contribution in [2.75, 3.05) is 6.54 Å². The van der Waals surface area contributed by atoms with Crippen LogP contribution in [0.25, 0.3) is 0 Å². The molecule has 0 aliphatic carbocycles. The van der Waals surface area contributed by atoms with Crippen LogP contribution in [0.2, 0.25) is 0 Å². The van der Waals surface area contributed by atoms with Crippen LogP contribution in [-0.2, 0) is 0 Å². The second-order valence-corrected chi connectivity index (χ2v) is 5.33. The summed E-state index contributed by atoms with van der Waals surface area (Å²) in [5, 5.41) is 8.87. The summed E-state index contributed by atoms with van der Waals surface area (Å²) in [5.74, 6) is 1.25. The maximum atomic E-state index is 8.87. The van der Waals surface area contributed by atoms with Gasteiger partial charge in [-0.25, -0.2) is 0 Å². The first-order chi connectivity index (χ1) is 7.07. The summed E-state index contributed by atoms with van der Waals surface area (Å²) in [7, 11) is 0. The van der Waals surface area contributed by atoms with Gasteiger partial charge in [0.1, 0.15) is 0 Å². The zero-order chi connectivity index (χ0) is 11.4. The van der Waals surface area contributed by atoms with Crippen molar-refractivity contribution >= 4 is 0 Å². The Morgan fingerprint density at radius 2 is 2.00 bits per heavy atom. The van der Waals surface area contributed by atoms with Crippen molar-refractivity contribution in [1.29, 1.82) is 5.26 Å². The standard InChI is InChI=1S/C13H24N2/c1-10(2)13-12(7-8-14)6-5-9-15(13)11(3)4/h10-13H,5-7,9H2,1-4H3. The minimum atomic E-state index is 0.589. The summed E-state index contributed by atoms with van der Waals surface area (Å²) >= 11 is 0. The fourth-order valence-corrected chi connectivity index (χ4v) is 3.00. The van der Waals surface area contributed by atoms with E-state index in [0.717, 1.165) is 6.42 Å². The molecular weight excluding hydrogens is 184 g/mol. The third-order valence-electron chi connectivity index (χ3n) is 3.56. The molecule has 1 heterocycles. The van der Waals surface area contributed by atoms with Crippen LogP contribution in [-0.4, -0.2) is 23.5 Å². The maximum Gasteiger partial charge on any atom is 0.0625 e. The molecule has 1 aliphatic heterocycles. The number of hydrogen-bond donors (Lipinski definition) is 0. The predicted molar refractivity (Wildman–Crippen MR) is 63.4 cm³/mol. The van der Waals surface area contributed by atoms with E-state index in [1.54, 1.807) is 0 Å². The van der Waals surface area contributed by atoms with E-state index in [1.807, 2.05) is 0 Å². The number of piperidine rings is 1. The van der Waals surface area contributed by atoms with E-state index < -0.39 is 0 Å². The molecule has 2 nitrogen and oxygen atoms in total. The number of hydrogen-bond acceptors (Lipinski definition) is 2. The van der Waals surface area contributed by atoms with Crippen molar-refractivity contribution in [3.05, 3.63) is 0 Å². The van der Waals surface area contributed by atoms with Gasteiger partial charge in [0.05, 0.1) is 6.07 Å². The average molecular weight is 208 g/mol. The van der Waals surface area contributed by atoms with E-state index in [-0.39, 0.29) is 0 Å². The summed E-state index contributed by atoms with van der Waals surface area (Å²) in [6.45, 7) is 10.3. The number of nitrogens with zero attached hydrogens (tertiary/aromatic N) is 2. The van der Waals surface area contributed by atoms with Crippen LogP contribution >= 0.6 is 0 Å². The van der Waals surface area contributed by atoms with Crippen molar-refractivity contribution in [2.24, 2.45) is 11.8 Å². The monoisotopic (exact) mass is 208 g/mol. The van der Waals surface area contributed by atoms with Crippen LogP contribution in [0.3, 0.4) is 0 Å². The molecule has 1 saturated heterocycles. The van der Waals surface area contributed by atoms with Crippen molar-refractivity contribution in [3.63, 3.8) is 0 Å². The number of nitriles is 1. The Morgan fingerprint density at radius 1 is 1.33 bits per heavy atom. The van der Waals surface area contributed by atoms with Crippen LogP contribution in [0.15, 0.2) is 0 Å². The molecular formula is C13H24N2. The summed E-state index contributed by atoms with van der Waals surface area (Å²) in [5.41, 5.74) is 0. The first-order valence-corrected chi connectivity index (χ1v) is 6.20. The van der Waals surface area contributed by atoms with Crippen molar-refractivity contribution in [1.82, 2.24) is 4.90 Å². The van der Waals surface area contributed by atoms with Gasteiger partial charge >= 0.3 is 0 Å². The van der Waals surface area contributed by atoms with E-state index >= 15 is 0 Å². The van der Waals surface area contributed by atoms with Gasteiger partial charge in [0.2, 0.25) is 0 Å². The van der Waals surface area contributed by atoms with Gasteiger partial charge in [0, 0.05) is 18.5 Å². The van der Waals surface area contributed by atoms with Crippen molar-refractivity contribution < 1.29 is 0 Å². The second kappa shape index (κ2) is 5.51. The van der Waals surface area contributed by atoms with Crippen LogP contribution in [0.1, 0.15) is 47.0 Å². The molecule has 0 N–H and O–H groups in total. The number of likely N-dealkylation sites (tertiary alicyclic amines) is 1. The zero-order valence-electron chi connectivity index (χ0n) is 10.5. The number of rotatable bonds is 3. The molecule has 2 atom stereocenters. The molecule has 2 heteroatoms. The molecule has 0 radical (unpaired) electrons. The predicted octanol–water partition coefficient (Wildman–Crippen LogP) is 3.05. The summed E-state index contributed by atoms with van der Waals surface area (Å²) in [6.07, 6.45) is 3.22. The van der Waals surface area contributed by atoms with Gasteiger partial charge in [-0.1, -0.05) is 13.8 Å². The fraction of sp³-hybridized carbons (Fsp3) is 0.923. The molecule has 15 heavy (non-hydrogen) atoms. The Labute approximate surface area is 94.3 Å². The Balaban J connectivity index is 2.76. The molecule has 1 aliphatic rings. The van der Waals surface area contributed by atoms with Gasteiger partial charge in [-0.3, -0.25) is 4.90 Å². The molecule has 0 aromatic heterocycles. The molecule has 1 fully saturated rings. The van der Waals surface area contributed by atoms with Crippen LogP contribution in [0.5, 0.6) is 0 Å². The Hall–Kier alpha value is -0.550. The largest absolute Gasteiger partial charge is 0.297 e. The molecule has 1 rings (SSSR count). The van der Waals surface area contributed by atoms with Crippen LogP contribution < -0.4 is 0 Å². The van der Waals surface area contributed by atoms with Crippen molar-refractivity contribution in [2.45, 2.75) is 59.0 Å². The van der Waals surface area contributed by atoms with Gasteiger partial charge < -0.3 is 0 Å². The molecule has 0 aromatic rings. The lowest BCUT2D eigenvalue weighted by atomic mass is 9.80. The highest BCUT2D eigenvalue weighted by Crippen LogP contribution is 2.32. The topological polar surface area (TPSA) is 27.0 Å². The smallest absolute Gasteiger partial charge is 0.0625 e. The molecule has 0 bridgehead atoms. The lowest BCUT2D eigenvalue weighted by molar-refractivity contribution is 0.0363. The summed E-state index contributed by atoms with van der Waals surface area (Å²) in [4.78, 5) is 2.59. The molecule has 2 unspecified atom stereocenters. The quantitative estimate of drug-likeness (QED) is 0.713. The molecule has 0 aromatic carbocycles. The summed E-state index contributed by atoms with van der Waals surface area (Å²) < 4.78 is 0. The lowest BCUT2D eigenvalue weighted by Gasteiger charge is -2.45. The second-order valence-electron chi connectivity index (χ2n) is 5.33. The van der Waals surface area contributed by atoms with Gasteiger partial charge in [-0.15, -0.1) is 0 Å². The SMILES string of the molecule is CC(C)C1C(CC#N)CCCN1C(C)C. The van der Waals surface area contributed by atoms with Crippen LogP contribution in [0, 0.1) is 23.2 Å². The molecule has 0 spiro atoms. The van der Waals surface area contributed by atoms with Gasteiger partial charge in [-0.2, -0.15) is 5.26 Å². The van der Waals surface area contributed by atoms with Gasteiger partial charge in [-0.05, 0) is 45.1 Å². The summed E-state index contributed by atoms with van der Waals surface area (Å²) in [6, 6.07) is 3.57. The van der Waals surface area contributed by atoms with Gasteiger partial charge in [0.15, 0.2) is 0 Å². The highest BCUT2D eigenvalue weighted by molar-refractivity contribution is 4.92. The van der Waals surface area contributed by atoms with Crippen molar-refractivity contribution in [3.8, 4) is 6.07 Å². The van der Waals surface area contributed by atoms with E-state index in [2.05, 4.69) is 38.7 Å². The Kier molecular flexibility index (Phi) is 4.60. The zero-order valence-corrected chi connectivity index (χ0v) is 10.5. The minimum absolute atomic E-state index is 0.589. The third kappa shape index (κ3) is 2.95. The lowest BCUT2D eigenvalue weighted by Crippen LogP contribution is -2.51. The van der Waals surface area contributed by atoms with Gasteiger partial charge in [0.25, 0.3) is 0 Å². The van der Waals surface area contributed by atoms with E-state index in [4.69, 9.17) is 5.26 Å². The minimum Gasteiger partial charge on any atom is -0.297 e. The van der Waals surface area contributed by atoms with E-state index in [0.29, 0.717) is 23.9 Å². The Morgan fingerprint density at radius 3 is 2.47 bits per heavy atom. The molecule has 0 amide bonds. The average Bonchev–Trinajstić information content (AvgIpc) is 2.17. The van der Waals surface area contributed by atoms with E-state index in [9.17, 15) is 0 Å². The van der Waals surface area contributed by atoms with E-state index in [1.165, 1.54) is 19.4 Å². The van der Waals surface area contributed by atoms with Crippen LogP contribution in [0.4, 0.5) is 0 Å². The maximum absolute atomic E-state index is 8.87. The normalized spacial score (nSPS) is 28.3. The fourth-order valence-electron chi connectivity index (χ4n) is 3.00. The molecule has 0 saturated carbocycles. The first-order valence-electron chi connectivity index (χ1n) is 6.20. The Bertz CT molecular complexity index is 227. The molecule has 86 valence electrons. The highest BCUT2D eigenvalue weighted by Gasteiger charge is 2.34. The third-order valence-corrected chi connectivity index (χ3v) is 3.56. The first kappa shape index (κ1) is 12.5. The highest BCUT2D eigenvalue weighted by atomic mass is 15.2.